The molecule has 33 heavy (non-hydrogen) atoms. The van der Waals surface area contributed by atoms with E-state index in [2.05, 4.69) is 42.3 Å². The number of aromatic nitrogens is 4. The number of nitrogens with zero attached hydrogens (tertiary/aromatic N) is 5. The second kappa shape index (κ2) is 9.07. The zero-order chi connectivity index (χ0) is 22.0. The van der Waals surface area contributed by atoms with Gasteiger partial charge in [0.2, 0.25) is 5.95 Å². The largest absolute Gasteiger partial charge is 0.488 e. The van der Waals surface area contributed by atoms with E-state index < -0.39 is 0 Å². The molecule has 4 heterocycles. The van der Waals surface area contributed by atoms with Crippen molar-refractivity contribution in [3.8, 4) is 5.75 Å². The number of ether oxygens (including phenoxy) is 3. The second-order valence-electron chi connectivity index (χ2n) is 8.86. The summed E-state index contributed by atoms with van der Waals surface area (Å²) in [7, 11) is 0. The van der Waals surface area contributed by atoms with E-state index in [0.717, 1.165) is 85.7 Å². The van der Waals surface area contributed by atoms with Crippen molar-refractivity contribution < 1.29 is 14.2 Å². The maximum Gasteiger partial charge on any atom is 0.223 e. The molecule has 2 fully saturated rings. The standard InChI is InChI=1S/C24H28N6O3/c1-3-19(4-2-17(1)28-24-27-13-16-14-32-15-21(16)29-24)33-22-12-18(30-7-9-31-10-8-30)11-20-23(22)26-6-5-25-20/h5-6,11-13,17,19H,1-4,7-10,14-15H2,(H,27,28,29)/t17-,19+. The van der Waals surface area contributed by atoms with Gasteiger partial charge in [-0.1, -0.05) is 0 Å². The molecule has 3 aliphatic rings. The van der Waals surface area contributed by atoms with Gasteiger partial charge in [-0.25, -0.2) is 15.0 Å². The number of fused-ring (bicyclic) bond motifs is 2. The number of hydrogen-bond donors (Lipinski definition) is 1. The van der Waals surface area contributed by atoms with Crippen LogP contribution in [-0.4, -0.2) is 58.4 Å². The van der Waals surface area contributed by atoms with Crippen LogP contribution >= 0.6 is 0 Å². The number of hydrogen-bond acceptors (Lipinski definition) is 9. The molecule has 2 aromatic heterocycles. The number of morpholine rings is 1. The highest BCUT2D eigenvalue weighted by atomic mass is 16.5. The molecule has 0 unspecified atom stereocenters. The molecular formula is C24H28N6O3. The Bertz CT molecular complexity index is 1130. The molecule has 1 N–H and O–H groups in total. The van der Waals surface area contributed by atoms with Crippen LogP contribution in [0.25, 0.3) is 11.0 Å². The smallest absolute Gasteiger partial charge is 0.223 e. The lowest BCUT2D eigenvalue weighted by atomic mass is 9.93. The molecule has 9 nitrogen and oxygen atoms in total. The van der Waals surface area contributed by atoms with Crippen molar-refractivity contribution in [2.45, 2.75) is 51.0 Å². The second-order valence-corrected chi connectivity index (χ2v) is 8.86. The van der Waals surface area contributed by atoms with Crippen LogP contribution in [0.1, 0.15) is 36.9 Å². The summed E-state index contributed by atoms with van der Waals surface area (Å²) < 4.78 is 17.5. The van der Waals surface area contributed by atoms with Crippen LogP contribution in [0.5, 0.6) is 5.75 Å². The summed E-state index contributed by atoms with van der Waals surface area (Å²) in [5.41, 5.74) is 4.90. The minimum Gasteiger partial charge on any atom is -0.488 e. The highest BCUT2D eigenvalue weighted by Crippen LogP contribution is 2.33. The van der Waals surface area contributed by atoms with Gasteiger partial charge in [-0.05, 0) is 31.7 Å². The molecule has 2 aliphatic heterocycles. The Morgan fingerprint density at radius 2 is 1.79 bits per heavy atom. The van der Waals surface area contributed by atoms with Gasteiger partial charge in [-0.3, -0.25) is 4.98 Å². The third kappa shape index (κ3) is 4.43. The Balaban J connectivity index is 1.13. The molecule has 1 aromatic carbocycles. The Morgan fingerprint density at radius 3 is 2.67 bits per heavy atom. The molecule has 172 valence electrons. The fourth-order valence-electron chi connectivity index (χ4n) is 4.82. The van der Waals surface area contributed by atoms with Crippen molar-refractivity contribution in [3.05, 3.63) is 42.0 Å². The van der Waals surface area contributed by atoms with Crippen LogP contribution < -0.4 is 15.0 Å². The number of anilines is 2. The molecular weight excluding hydrogens is 420 g/mol. The molecule has 3 aromatic rings. The van der Waals surface area contributed by atoms with Gasteiger partial charge in [0.15, 0.2) is 0 Å². The Hall–Kier alpha value is -3.04. The predicted molar refractivity (Wildman–Crippen MR) is 123 cm³/mol. The summed E-state index contributed by atoms with van der Waals surface area (Å²) in [5.74, 6) is 1.52. The fraction of sp³-hybridized carbons (Fsp3) is 0.500. The fourth-order valence-corrected chi connectivity index (χ4v) is 4.82. The van der Waals surface area contributed by atoms with Gasteiger partial charge in [0.25, 0.3) is 0 Å². The van der Waals surface area contributed by atoms with Crippen LogP contribution in [0, 0.1) is 0 Å². The molecule has 1 saturated heterocycles. The number of nitrogens with one attached hydrogen (secondary N) is 1. The maximum atomic E-state index is 6.52. The van der Waals surface area contributed by atoms with Gasteiger partial charge >= 0.3 is 0 Å². The van der Waals surface area contributed by atoms with Crippen LogP contribution in [-0.2, 0) is 22.7 Å². The van der Waals surface area contributed by atoms with Gasteiger partial charge in [-0.15, -0.1) is 0 Å². The molecule has 1 saturated carbocycles. The summed E-state index contributed by atoms with van der Waals surface area (Å²) in [6.45, 7) is 4.43. The first-order valence-corrected chi connectivity index (χ1v) is 11.7. The SMILES string of the molecule is c1cnc2c(O[C@H]3CC[C@@H](Nc4ncc5c(n4)COC5)CC3)cc(N3CCOCC3)cc2n1. The lowest BCUT2D eigenvalue weighted by Crippen LogP contribution is -2.36. The lowest BCUT2D eigenvalue weighted by Gasteiger charge is -2.31. The van der Waals surface area contributed by atoms with E-state index in [9.17, 15) is 0 Å². The molecule has 0 spiro atoms. The Labute approximate surface area is 192 Å². The van der Waals surface area contributed by atoms with E-state index in [0.29, 0.717) is 25.2 Å². The Morgan fingerprint density at radius 1 is 0.939 bits per heavy atom. The third-order valence-electron chi connectivity index (χ3n) is 6.65. The summed E-state index contributed by atoms with van der Waals surface area (Å²) in [6.07, 6.45) is 9.45. The zero-order valence-electron chi connectivity index (χ0n) is 18.6. The first-order valence-electron chi connectivity index (χ1n) is 11.7. The first kappa shape index (κ1) is 20.6. The summed E-state index contributed by atoms with van der Waals surface area (Å²) in [6, 6.07) is 4.57. The van der Waals surface area contributed by atoms with Gasteiger partial charge in [0, 0.05) is 55.0 Å². The van der Waals surface area contributed by atoms with E-state index in [-0.39, 0.29) is 6.10 Å². The third-order valence-corrected chi connectivity index (χ3v) is 6.65. The molecule has 9 heteroatoms. The normalized spacial score (nSPS) is 22.8. The quantitative estimate of drug-likeness (QED) is 0.632. The molecule has 1 aliphatic carbocycles. The minimum absolute atomic E-state index is 0.155. The highest BCUT2D eigenvalue weighted by molar-refractivity contribution is 5.85. The average Bonchev–Trinajstić information content (AvgIpc) is 3.34. The summed E-state index contributed by atoms with van der Waals surface area (Å²) in [4.78, 5) is 20.5. The molecule has 0 amide bonds. The first-order chi connectivity index (χ1) is 16.3. The number of rotatable bonds is 5. The van der Waals surface area contributed by atoms with Crippen molar-refractivity contribution in [2.24, 2.45) is 0 Å². The van der Waals surface area contributed by atoms with E-state index in [1.54, 1.807) is 12.4 Å². The topological polar surface area (TPSA) is 94.5 Å². The van der Waals surface area contributed by atoms with Gasteiger partial charge in [0.1, 0.15) is 11.3 Å². The van der Waals surface area contributed by atoms with Crippen LogP contribution in [0.3, 0.4) is 0 Å². The highest BCUT2D eigenvalue weighted by Gasteiger charge is 2.25. The summed E-state index contributed by atoms with van der Waals surface area (Å²) >= 11 is 0. The van der Waals surface area contributed by atoms with Gasteiger partial charge < -0.3 is 24.4 Å². The predicted octanol–water partition coefficient (Wildman–Crippen LogP) is 3.09. The van der Waals surface area contributed by atoms with Crippen molar-refractivity contribution in [1.29, 1.82) is 0 Å². The van der Waals surface area contributed by atoms with E-state index >= 15 is 0 Å². The van der Waals surface area contributed by atoms with E-state index in [1.165, 1.54) is 0 Å². The van der Waals surface area contributed by atoms with Crippen LogP contribution in [0.2, 0.25) is 0 Å². The van der Waals surface area contributed by atoms with Gasteiger partial charge in [0.05, 0.1) is 43.7 Å². The zero-order valence-corrected chi connectivity index (χ0v) is 18.6. The lowest BCUT2D eigenvalue weighted by molar-refractivity contribution is 0.122. The Kier molecular flexibility index (Phi) is 5.65. The summed E-state index contributed by atoms with van der Waals surface area (Å²) in [5, 5.41) is 3.50. The monoisotopic (exact) mass is 448 g/mol. The van der Waals surface area contributed by atoms with E-state index in [4.69, 9.17) is 14.2 Å². The van der Waals surface area contributed by atoms with Crippen molar-refractivity contribution in [3.63, 3.8) is 0 Å². The van der Waals surface area contributed by atoms with Crippen molar-refractivity contribution in [1.82, 2.24) is 19.9 Å². The van der Waals surface area contributed by atoms with E-state index in [1.807, 2.05) is 6.20 Å². The van der Waals surface area contributed by atoms with Crippen molar-refractivity contribution >= 4 is 22.7 Å². The van der Waals surface area contributed by atoms with Crippen LogP contribution in [0.4, 0.5) is 11.6 Å². The molecule has 0 radical (unpaired) electrons. The van der Waals surface area contributed by atoms with Gasteiger partial charge in [-0.2, -0.15) is 0 Å². The maximum absolute atomic E-state index is 6.52. The average molecular weight is 449 g/mol. The number of benzene rings is 1. The van der Waals surface area contributed by atoms with Crippen LogP contribution in [0.15, 0.2) is 30.7 Å². The van der Waals surface area contributed by atoms with Crippen molar-refractivity contribution in [2.75, 3.05) is 36.5 Å². The molecule has 0 atom stereocenters. The molecule has 0 bridgehead atoms. The minimum atomic E-state index is 0.155. The molecule has 6 rings (SSSR count).